The number of benzene rings is 6. The molecule has 2 heterocycles. The molecule has 0 fully saturated rings. The van der Waals surface area contributed by atoms with Crippen LogP contribution in [-0.2, 0) is 58.9 Å². The molecule has 6 aromatic carbocycles. The van der Waals surface area contributed by atoms with Gasteiger partial charge in [0.1, 0.15) is 20.4 Å². The van der Waals surface area contributed by atoms with E-state index >= 15 is 0 Å². The number of carbonyl (C=O) groups excluding carboxylic acids is 2. The van der Waals surface area contributed by atoms with Crippen molar-refractivity contribution >= 4 is 127 Å². The summed E-state index contributed by atoms with van der Waals surface area (Å²) in [6.45, 7) is 0. The number of hydrogen-bond acceptors (Lipinski definition) is 21. The second kappa shape index (κ2) is 20.2. The number of hydrogen-bond donors (Lipinski definition) is 10. The van der Waals surface area contributed by atoms with Crippen LogP contribution in [-0.4, -0.2) is 103 Å². The van der Waals surface area contributed by atoms with E-state index in [4.69, 9.17) is 4.18 Å². The van der Waals surface area contributed by atoms with Gasteiger partial charge in [-0.1, -0.05) is 48.5 Å². The zero-order valence-electron chi connectivity index (χ0n) is 39.2. The number of carboxylic acid groups (broad SMARTS) is 1. The first-order valence-electron chi connectivity index (χ1n) is 21.7. The van der Waals surface area contributed by atoms with Crippen LogP contribution in [0.3, 0.4) is 0 Å². The van der Waals surface area contributed by atoms with E-state index in [1.165, 1.54) is 79.8 Å². The average molecular weight is 1180 g/mol. The number of ketones is 2. The van der Waals surface area contributed by atoms with E-state index in [0.717, 1.165) is 16.7 Å². The number of nitrogens with zero attached hydrogens (tertiary/aromatic N) is 4. The van der Waals surface area contributed by atoms with Gasteiger partial charge in [-0.05, 0) is 72.3 Å². The number of carbonyl (C=O) groups is 3. The molecule has 0 amide bonds. The Morgan fingerprint density at radius 3 is 1.71 bits per heavy atom. The fourth-order valence-corrected chi connectivity index (χ4v) is 11.2. The highest BCUT2D eigenvalue weighted by Gasteiger charge is 2.35. The zero-order chi connectivity index (χ0) is 57.3. The monoisotopic (exact) mass is 1180 g/mol. The van der Waals surface area contributed by atoms with Crippen LogP contribution in [0.5, 0.6) is 5.75 Å². The highest BCUT2D eigenvalue weighted by molar-refractivity contribution is 7.87. The molecule has 8 aromatic rings. The van der Waals surface area contributed by atoms with E-state index in [2.05, 4.69) is 36.2 Å². The third-order valence-electron chi connectivity index (χ3n) is 11.7. The number of aryl methyl sites for hydroxylation is 1. The molecular formula is C46H32N8O20S5. The molecule has 0 aliphatic heterocycles. The molecule has 33 heteroatoms. The maximum atomic E-state index is 14.8. The molecule has 79 heavy (non-hydrogen) atoms. The molecule has 0 saturated carbocycles. The molecule has 1 aliphatic rings. The molecule has 406 valence electrons. The van der Waals surface area contributed by atoms with Crippen LogP contribution in [0.2, 0.25) is 0 Å². The topological polar surface area (TPSA) is 444 Å². The Morgan fingerprint density at radius 2 is 1.13 bits per heavy atom. The lowest BCUT2D eigenvalue weighted by atomic mass is 9.80. The Morgan fingerprint density at radius 1 is 0.570 bits per heavy atom. The number of pyridine rings is 1. The van der Waals surface area contributed by atoms with Gasteiger partial charge >= 0.3 is 17.3 Å². The normalized spacial score (nSPS) is 12.8. The predicted molar refractivity (Wildman–Crippen MR) is 278 cm³/mol. The lowest BCUT2D eigenvalue weighted by molar-refractivity contribution is 0.0697. The number of carboxylic acids is 1. The highest BCUT2D eigenvalue weighted by Crippen LogP contribution is 2.45. The predicted octanol–water partition coefficient (Wildman–Crippen LogP) is 5.34. The maximum absolute atomic E-state index is 14.8. The van der Waals surface area contributed by atoms with Gasteiger partial charge in [0.2, 0.25) is 17.8 Å². The minimum Gasteiger partial charge on any atom is -0.478 e. The van der Waals surface area contributed by atoms with Crippen LogP contribution in [0.15, 0.2) is 140 Å². The molecular weight excluding hydrogens is 1140 g/mol. The van der Waals surface area contributed by atoms with Crippen molar-refractivity contribution in [2.45, 2.75) is 19.6 Å². The van der Waals surface area contributed by atoms with Crippen molar-refractivity contribution < 1.29 is 84.3 Å². The summed E-state index contributed by atoms with van der Waals surface area (Å²) in [5.74, 6) is -5.71. The highest BCUT2D eigenvalue weighted by atomic mass is 32.2. The number of anilines is 8. The minimum absolute atomic E-state index is 0.0508. The number of rotatable bonds is 17. The summed E-state index contributed by atoms with van der Waals surface area (Å²) in [6.07, 6.45) is 0. The molecule has 28 nitrogen and oxygen atoms in total. The van der Waals surface area contributed by atoms with Crippen molar-refractivity contribution in [3.8, 4) is 16.9 Å². The van der Waals surface area contributed by atoms with Crippen molar-refractivity contribution in [1.29, 1.82) is 0 Å². The second-order valence-electron chi connectivity index (χ2n) is 16.6. The molecule has 10 N–H and O–H groups in total. The Kier molecular flexibility index (Phi) is 14.0. The van der Waals surface area contributed by atoms with E-state index < -0.39 is 135 Å². The van der Waals surface area contributed by atoms with Crippen molar-refractivity contribution in [3.05, 3.63) is 153 Å². The third kappa shape index (κ3) is 10.9. The van der Waals surface area contributed by atoms with Crippen LogP contribution in [0.25, 0.3) is 22.0 Å². The van der Waals surface area contributed by atoms with E-state index in [0.29, 0.717) is 24.3 Å². The van der Waals surface area contributed by atoms with Crippen LogP contribution in [0.1, 0.15) is 42.2 Å². The summed E-state index contributed by atoms with van der Waals surface area (Å²) in [5, 5.41) is 19.8. The average Bonchev–Trinajstić information content (AvgIpc) is 3.45. The summed E-state index contributed by atoms with van der Waals surface area (Å²) in [5.41, 5.74) is -5.20. The summed E-state index contributed by atoms with van der Waals surface area (Å²) < 4.78 is 169. The Bertz CT molecular complexity index is 4580. The van der Waals surface area contributed by atoms with Crippen molar-refractivity contribution in [1.82, 2.24) is 19.5 Å². The number of aromatic nitrogens is 4. The van der Waals surface area contributed by atoms with Gasteiger partial charge in [0, 0.05) is 29.1 Å². The molecule has 1 unspecified atom stereocenters. The van der Waals surface area contributed by atoms with Gasteiger partial charge in [-0.25, -0.2) is 4.79 Å². The first-order chi connectivity index (χ1) is 37.0. The molecule has 0 radical (unpaired) electrons. The van der Waals surface area contributed by atoms with Crippen LogP contribution >= 0.6 is 0 Å². The Hall–Kier alpha value is -8.90. The zero-order valence-corrected chi connectivity index (χ0v) is 43.3. The molecule has 0 saturated heterocycles. The van der Waals surface area contributed by atoms with Gasteiger partial charge in [-0.2, -0.15) is 52.8 Å². The number of para-hydroxylation sites is 1. The van der Waals surface area contributed by atoms with Crippen molar-refractivity contribution in [3.63, 3.8) is 0 Å². The standard InChI is InChI=1S/C46H32N8O20S5/c1-54-32-15-14-28(37-38(32)36(24-9-2-3-10-25(24)41(37)56)39(42(54)57)40(55)21-7-6-8-22(17-21)74-75(60)61)47-30-19-31(35(79(71,72)73)20-34(30)78(68,69)70)50-46-52-44(48-27-12-5-4-11-26(27)43(58)59)51-45(53-46)49-29-18-23(76(62,63)64)13-16-33(29)77(65,66)67/h2-20,47H,1H3,(H,58,59)(H,60,61)(H,62,63,64)(H,65,66,67)(H,68,69,70)(H,71,72,73)(H3,48,49,50,51,52,53). The molecule has 0 bridgehead atoms. The maximum Gasteiger partial charge on any atom is 0.357 e. The van der Waals surface area contributed by atoms with E-state index in [9.17, 15) is 84.9 Å². The summed E-state index contributed by atoms with van der Waals surface area (Å²) in [7, 11) is -20.2. The summed E-state index contributed by atoms with van der Waals surface area (Å²) >= 11 is -2.81. The smallest absolute Gasteiger partial charge is 0.357 e. The Balaban J connectivity index is 1.24. The number of nitrogens with one attached hydrogen (secondary N) is 4. The second-order valence-corrected chi connectivity index (χ2v) is 22.8. The summed E-state index contributed by atoms with van der Waals surface area (Å²) in [6, 6.07) is 21.1. The third-order valence-corrected chi connectivity index (χ3v) is 15.6. The minimum atomic E-state index is -5.60. The van der Waals surface area contributed by atoms with Gasteiger partial charge < -0.3 is 35.1 Å². The number of aromatic carboxylic acids is 1. The largest absolute Gasteiger partial charge is 0.478 e. The molecule has 1 atom stereocenters. The van der Waals surface area contributed by atoms with Gasteiger partial charge in [0.15, 0.2) is 11.6 Å². The van der Waals surface area contributed by atoms with E-state index in [1.54, 1.807) is 0 Å². The fourth-order valence-electron chi connectivity index (χ4n) is 8.41. The molecule has 2 aromatic heterocycles. The first kappa shape index (κ1) is 54.9. The van der Waals surface area contributed by atoms with Gasteiger partial charge in [0.25, 0.3) is 46.0 Å². The van der Waals surface area contributed by atoms with E-state index in [-0.39, 0.29) is 67.5 Å². The molecule has 0 spiro atoms. The van der Waals surface area contributed by atoms with E-state index in [1.807, 2.05) is 0 Å². The lowest BCUT2D eigenvalue weighted by Crippen LogP contribution is -2.29. The Labute approximate surface area is 446 Å². The quantitative estimate of drug-likeness (QED) is 0.0312. The first-order valence-corrected chi connectivity index (χ1v) is 28.4. The fraction of sp³-hybridized carbons (Fsp3) is 0.0217. The molecule has 1 aliphatic carbocycles. The van der Waals surface area contributed by atoms with Gasteiger partial charge in [-0.3, -0.25) is 37.1 Å². The number of fused-ring (bicyclic) bond motifs is 2. The lowest BCUT2D eigenvalue weighted by Gasteiger charge is -2.26. The van der Waals surface area contributed by atoms with Crippen LogP contribution < -0.4 is 31.0 Å². The SMILES string of the molecule is Cn1c(=O)c(C(=O)c2cccc(OS(=O)O)c2)c2c3c(c(Nc4cc(Nc5nc(Nc6ccccc6C(=O)O)nc(Nc6cc(S(=O)(=O)O)ccc6S(=O)(=O)O)n5)c(S(=O)(=O)O)cc4S(=O)(=O)O)ccc31)C(=O)c1ccccc1-2. The van der Waals surface area contributed by atoms with Gasteiger partial charge in [-0.15, -0.1) is 0 Å². The van der Waals surface area contributed by atoms with Crippen molar-refractivity contribution in [2.24, 2.45) is 7.05 Å². The van der Waals surface area contributed by atoms with Gasteiger partial charge in [0.05, 0.1) is 55.5 Å². The molecule has 9 rings (SSSR count). The van der Waals surface area contributed by atoms with Crippen LogP contribution in [0.4, 0.5) is 46.3 Å². The summed E-state index contributed by atoms with van der Waals surface area (Å²) in [4.78, 5) is 63.5. The van der Waals surface area contributed by atoms with Crippen LogP contribution in [0, 0.1) is 0 Å². The van der Waals surface area contributed by atoms with Crippen molar-refractivity contribution in [2.75, 3.05) is 21.3 Å².